The van der Waals surface area contributed by atoms with Gasteiger partial charge in [0.05, 0.1) is 29.7 Å². The number of alkyl halides is 3. The van der Waals surface area contributed by atoms with Crippen LogP contribution in [0, 0.1) is 25.2 Å². The molecule has 1 N–H and O–H groups in total. The number of rotatable bonds is 5. The molecule has 1 aromatic carbocycles. The van der Waals surface area contributed by atoms with E-state index in [4.69, 9.17) is 14.2 Å². The molecule has 196 valence electrons. The summed E-state index contributed by atoms with van der Waals surface area (Å²) in [5.74, 6) is 1.31. The average molecular weight is 515 g/mol. The minimum Gasteiger partial charge on any atom is -0.380 e. The standard InChI is InChI=1S/C26H29F3N6O2/c1-15-21-11-17(12-26(27,28)29)10-18(13-30)23(21)33-24(22(15)25-31-16(2)34-37-25)35-7-5-19(6-8-35)32-20-4-3-9-36-14-20/h10-11,19-20,32H,3-9,12,14H2,1-2H3/t20-/m0/s1. The maximum atomic E-state index is 13.2. The van der Waals surface area contributed by atoms with Crippen molar-refractivity contribution in [3.05, 3.63) is 34.6 Å². The van der Waals surface area contributed by atoms with Crippen LogP contribution in [0.25, 0.3) is 22.4 Å². The highest BCUT2D eigenvalue weighted by molar-refractivity contribution is 5.95. The van der Waals surface area contributed by atoms with Crippen LogP contribution in [0.15, 0.2) is 16.7 Å². The number of nitriles is 1. The molecule has 4 heterocycles. The molecule has 2 fully saturated rings. The minimum atomic E-state index is -4.39. The van der Waals surface area contributed by atoms with E-state index in [2.05, 4.69) is 20.4 Å². The summed E-state index contributed by atoms with van der Waals surface area (Å²) < 4.78 is 50.6. The lowest BCUT2D eigenvalue weighted by Gasteiger charge is -2.36. The third-order valence-electron chi connectivity index (χ3n) is 7.08. The molecule has 2 aliphatic rings. The molecule has 0 bridgehead atoms. The molecule has 2 aromatic heterocycles. The van der Waals surface area contributed by atoms with Crippen molar-refractivity contribution < 1.29 is 22.4 Å². The van der Waals surface area contributed by atoms with Crippen LogP contribution in [0.3, 0.4) is 0 Å². The minimum absolute atomic E-state index is 0.0143. The van der Waals surface area contributed by atoms with E-state index in [0.717, 1.165) is 52.0 Å². The smallest absolute Gasteiger partial charge is 0.380 e. The SMILES string of the molecule is Cc1noc(-c2c(N3CCC(N[C@H]4CCCOC4)CC3)nc3c(C#N)cc(CC(F)(F)F)cc3c2C)n1. The van der Waals surface area contributed by atoms with Gasteiger partial charge in [-0.2, -0.15) is 23.4 Å². The first-order chi connectivity index (χ1) is 17.7. The molecular weight excluding hydrogens is 485 g/mol. The molecule has 0 spiro atoms. The quantitative estimate of drug-likeness (QED) is 0.527. The van der Waals surface area contributed by atoms with Gasteiger partial charge in [0, 0.05) is 37.2 Å². The zero-order valence-corrected chi connectivity index (χ0v) is 20.9. The Balaban J connectivity index is 1.52. The number of nitrogens with zero attached hydrogens (tertiary/aromatic N) is 5. The third-order valence-corrected chi connectivity index (χ3v) is 7.08. The van der Waals surface area contributed by atoms with Crippen molar-refractivity contribution in [2.45, 2.75) is 64.2 Å². The number of aryl methyl sites for hydroxylation is 2. The van der Waals surface area contributed by atoms with Crippen molar-refractivity contribution >= 4 is 16.7 Å². The van der Waals surface area contributed by atoms with Crippen molar-refractivity contribution in [3.8, 4) is 17.5 Å². The molecule has 0 aliphatic carbocycles. The van der Waals surface area contributed by atoms with Gasteiger partial charge < -0.3 is 19.5 Å². The van der Waals surface area contributed by atoms with Crippen molar-refractivity contribution in [2.75, 3.05) is 31.2 Å². The maximum Gasteiger partial charge on any atom is 0.393 e. The molecular formula is C26H29F3N6O2. The molecule has 2 saturated heterocycles. The van der Waals surface area contributed by atoms with Gasteiger partial charge in [0.2, 0.25) is 0 Å². The lowest BCUT2D eigenvalue weighted by atomic mass is 9.96. The second-order valence-corrected chi connectivity index (χ2v) is 9.87. The lowest BCUT2D eigenvalue weighted by molar-refractivity contribution is -0.127. The van der Waals surface area contributed by atoms with E-state index >= 15 is 0 Å². The van der Waals surface area contributed by atoms with Crippen LogP contribution in [0.5, 0.6) is 0 Å². The first kappa shape index (κ1) is 25.4. The number of halogens is 3. The van der Waals surface area contributed by atoms with Crippen molar-refractivity contribution in [3.63, 3.8) is 0 Å². The Bertz CT molecular complexity index is 1320. The van der Waals surface area contributed by atoms with Crippen LogP contribution >= 0.6 is 0 Å². The van der Waals surface area contributed by atoms with Crippen LogP contribution in [0.1, 0.15) is 48.2 Å². The third kappa shape index (κ3) is 5.55. The highest BCUT2D eigenvalue weighted by Crippen LogP contribution is 2.39. The normalized spacial score (nSPS) is 19.4. The van der Waals surface area contributed by atoms with E-state index in [-0.39, 0.29) is 17.0 Å². The summed E-state index contributed by atoms with van der Waals surface area (Å²) >= 11 is 0. The number of piperidine rings is 1. The molecule has 3 aromatic rings. The Morgan fingerprint density at radius 2 is 1.92 bits per heavy atom. The Labute approximate surface area is 212 Å². The van der Waals surface area contributed by atoms with Gasteiger partial charge >= 0.3 is 6.18 Å². The molecule has 2 aliphatic heterocycles. The predicted molar refractivity (Wildman–Crippen MR) is 131 cm³/mol. The Morgan fingerprint density at radius 1 is 1.14 bits per heavy atom. The number of aromatic nitrogens is 3. The Kier molecular flexibility index (Phi) is 7.05. The van der Waals surface area contributed by atoms with Gasteiger partial charge in [0.1, 0.15) is 11.9 Å². The second-order valence-electron chi connectivity index (χ2n) is 9.87. The van der Waals surface area contributed by atoms with E-state index < -0.39 is 12.6 Å². The first-order valence-electron chi connectivity index (χ1n) is 12.6. The van der Waals surface area contributed by atoms with Gasteiger partial charge in [0.25, 0.3) is 5.89 Å². The molecule has 37 heavy (non-hydrogen) atoms. The van der Waals surface area contributed by atoms with E-state index in [0.29, 0.717) is 45.8 Å². The number of anilines is 1. The van der Waals surface area contributed by atoms with Crippen molar-refractivity contribution in [2.24, 2.45) is 0 Å². The summed E-state index contributed by atoms with van der Waals surface area (Å²) in [7, 11) is 0. The van der Waals surface area contributed by atoms with Gasteiger partial charge in [0.15, 0.2) is 5.82 Å². The highest BCUT2D eigenvalue weighted by atomic mass is 19.4. The number of benzene rings is 1. The fourth-order valence-electron chi connectivity index (χ4n) is 5.33. The molecule has 11 heteroatoms. The fraction of sp³-hybridized carbons (Fsp3) is 0.538. The van der Waals surface area contributed by atoms with Crippen LogP contribution in [-0.4, -0.2) is 59.7 Å². The summed E-state index contributed by atoms with van der Waals surface area (Å²) in [6, 6.07) is 5.52. The van der Waals surface area contributed by atoms with Gasteiger partial charge in [-0.3, -0.25) is 0 Å². The van der Waals surface area contributed by atoms with Crippen LogP contribution in [0.2, 0.25) is 0 Å². The summed E-state index contributed by atoms with van der Waals surface area (Å²) in [5.41, 5.74) is 1.75. The first-order valence-corrected chi connectivity index (χ1v) is 12.6. The van der Waals surface area contributed by atoms with Crippen molar-refractivity contribution in [1.29, 1.82) is 5.26 Å². The number of nitrogens with one attached hydrogen (secondary N) is 1. The fourth-order valence-corrected chi connectivity index (χ4v) is 5.33. The van der Waals surface area contributed by atoms with E-state index in [1.165, 1.54) is 12.1 Å². The molecule has 0 amide bonds. The highest BCUT2D eigenvalue weighted by Gasteiger charge is 2.31. The number of pyridine rings is 1. The van der Waals surface area contributed by atoms with Gasteiger partial charge in [-0.05, 0) is 62.8 Å². The predicted octanol–water partition coefficient (Wildman–Crippen LogP) is 4.62. The summed E-state index contributed by atoms with van der Waals surface area (Å²) in [6.07, 6.45) is -1.55. The Morgan fingerprint density at radius 3 is 2.54 bits per heavy atom. The summed E-state index contributed by atoms with van der Waals surface area (Å²) in [4.78, 5) is 11.4. The zero-order chi connectivity index (χ0) is 26.2. The van der Waals surface area contributed by atoms with Gasteiger partial charge in [-0.25, -0.2) is 4.98 Å². The van der Waals surface area contributed by atoms with Crippen molar-refractivity contribution in [1.82, 2.24) is 20.4 Å². The molecule has 0 unspecified atom stereocenters. The monoisotopic (exact) mass is 514 g/mol. The zero-order valence-electron chi connectivity index (χ0n) is 20.9. The van der Waals surface area contributed by atoms with Crippen LogP contribution < -0.4 is 10.2 Å². The number of hydrogen-bond donors (Lipinski definition) is 1. The van der Waals surface area contributed by atoms with Crippen LogP contribution in [0.4, 0.5) is 19.0 Å². The number of hydrogen-bond acceptors (Lipinski definition) is 8. The topological polar surface area (TPSA) is 100 Å². The summed E-state index contributed by atoms with van der Waals surface area (Å²) in [6.45, 7) is 6.51. The number of fused-ring (bicyclic) bond motifs is 1. The average Bonchev–Trinajstić information content (AvgIpc) is 3.29. The lowest BCUT2D eigenvalue weighted by Crippen LogP contribution is -2.48. The summed E-state index contributed by atoms with van der Waals surface area (Å²) in [5, 5.41) is 17.9. The van der Waals surface area contributed by atoms with E-state index in [1.807, 2.05) is 6.07 Å². The second kappa shape index (κ2) is 10.3. The molecule has 1 atom stereocenters. The maximum absolute atomic E-state index is 13.2. The number of ether oxygens (including phenoxy) is 1. The molecule has 5 rings (SSSR count). The van der Waals surface area contributed by atoms with Gasteiger partial charge in [-0.1, -0.05) is 5.16 Å². The van der Waals surface area contributed by atoms with Crippen LogP contribution in [-0.2, 0) is 11.2 Å². The molecule has 8 nitrogen and oxygen atoms in total. The largest absolute Gasteiger partial charge is 0.393 e. The Hall–Kier alpha value is -3.23. The molecule has 0 saturated carbocycles. The van der Waals surface area contributed by atoms with E-state index in [1.54, 1.807) is 13.8 Å². The molecule has 0 radical (unpaired) electrons. The van der Waals surface area contributed by atoms with E-state index in [9.17, 15) is 18.4 Å². The van der Waals surface area contributed by atoms with Gasteiger partial charge in [-0.15, -0.1) is 0 Å².